The molecule has 2 N–H and O–H groups in total. The number of nitrogens with zero attached hydrogens (tertiary/aromatic N) is 1. The number of benzene rings is 1. The van der Waals surface area contributed by atoms with Gasteiger partial charge in [0, 0.05) is 25.3 Å². The molecule has 16 heavy (non-hydrogen) atoms. The summed E-state index contributed by atoms with van der Waals surface area (Å²) < 4.78 is 0. The maximum absolute atomic E-state index is 11.4. The largest absolute Gasteiger partial charge is 0.396 e. The van der Waals surface area contributed by atoms with Crippen LogP contribution in [0.25, 0.3) is 0 Å². The van der Waals surface area contributed by atoms with E-state index in [1.165, 1.54) is 12.1 Å². The Balaban J connectivity index is 2.68. The predicted molar refractivity (Wildman–Crippen MR) is 56.0 cm³/mol. The van der Waals surface area contributed by atoms with E-state index in [-0.39, 0.29) is 17.9 Å². The number of carbonyl (C=O) groups excluding carboxylic acids is 1. The number of hydrogen-bond donors (Lipinski definition) is 2. The average Bonchev–Trinajstić information content (AvgIpc) is 2.29. The number of hydrogen-bond acceptors (Lipinski definition) is 4. The highest BCUT2D eigenvalue weighted by molar-refractivity contribution is 5.94. The summed E-state index contributed by atoms with van der Waals surface area (Å²) in [6.07, 6.45) is 0.445. The van der Waals surface area contributed by atoms with Crippen molar-refractivity contribution in [2.75, 3.05) is 13.2 Å². The fraction of sp³-hybridized carbons (Fsp3) is 0.300. The summed E-state index contributed by atoms with van der Waals surface area (Å²) in [7, 11) is 0. The number of carbonyl (C=O) groups is 1. The van der Waals surface area contributed by atoms with Crippen molar-refractivity contribution in [2.24, 2.45) is 0 Å². The first-order chi connectivity index (χ1) is 7.65. The van der Waals surface area contributed by atoms with Crippen LogP contribution in [0.2, 0.25) is 0 Å². The summed E-state index contributed by atoms with van der Waals surface area (Å²) in [4.78, 5) is 21.3. The zero-order valence-corrected chi connectivity index (χ0v) is 8.47. The fourth-order valence-electron chi connectivity index (χ4n) is 1.08. The number of amides is 1. The van der Waals surface area contributed by atoms with Crippen LogP contribution in [-0.4, -0.2) is 29.1 Å². The van der Waals surface area contributed by atoms with Crippen molar-refractivity contribution in [2.45, 2.75) is 6.42 Å². The van der Waals surface area contributed by atoms with Gasteiger partial charge in [0.25, 0.3) is 11.6 Å². The molecule has 1 aromatic carbocycles. The molecule has 0 unspecified atom stereocenters. The van der Waals surface area contributed by atoms with Crippen LogP contribution < -0.4 is 5.32 Å². The van der Waals surface area contributed by atoms with Crippen molar-refractivity contribution in [3.05, 3.63) is 39.9 Å². The number of rotatable bonds is 5. The van der Waals surface area contributed by atoms with Gasteiger partial charge in [0.1, 0.15) is 0 Å². The Morgan fingerprint density at radius 2 is 2.38 bits per heavy atom. The van der Waals surface area contributed by atoms with Crippen LogP contribution in [0, 0.1) is 16.2 Å². The van der Waals surface area contributed by atoms with Gasteiger partial charge < -0.3 is 10.4 Å². The van der Waals surface area contributed by atoms with E-state index in [0.29, 0.717) is 13.0 Å². The molecule has 1 radical (unpaired) electrons. The molecule has 0 heterocycles. The molecule has 0 fully saturated rings. The number of non-ortho nitro benzene ring substituents is 1. The lowest BCUT2D eigenvalue weighted by molar-refractivity contribution is -0.384. The van der Waals surface area contributed by atoms with Gasteiger partial charge in [-0.05, 0) is 18.6 Å². The molecule has 0 saturated heterocycles. The van der Waals surface area contributed by atoms with Gasteiger partial charge in [0.05, 0.1) is 10.5 Å². The Hall–Kier alpha value is -1.95. The third kappa shape index (κ3) is 3.32. The molecule has 1 aromatic rings. The Labute approximate surface area is 92.0 Å². The van der Waals surface area contributed by atoms with Gasteiger partial charge in [-0.25, -0.2) is 0 Å². The number of nitro benzene ring substituents is 1. The minimum absolute atomic E-state index is 0.0149. The quantitative estimate of drug-likeness (QED) is 0.432. The standard InChI is InChI=1S/C10H11N2O4/c13-6-2-5-11-10(14)8-3-1-4-9(7-8)12(15)16/h1,4,7,13H,2,5-6H2,(H,11,14). The van der Waals surface area contributed by atoms with Crippen LogP contribution in [0.1, 0.15) is 16.8 Å². The lowest BCUT2D eigenvalue weighted by atomic mass is 10.2. The first kappa shape index (κ1) is 12.1. The summed E-state index contributed by atoms with van der Waals surface area (Å²) in [6, 6.07) is 6.37. The van der Waals surface area contributed by atoms with Crippen LogP contribution >= 0.6 is 0 Å². The molecule has 0 saturated carbocycles. The predicted octanol–water partition coefficient (Wildman–Crippen LogP) is 0.507. The van der Waals surface area contributed by atoms with Gasteiger partial charge in [0.15, 0.2) is 0 Å². The first-order valence-corrected chi connectivity index (χ1v) is 4.70. The number of nitrogens with one attached hydrogen (secondary N) is 1. The lowest BCUT2D eigenvalue weighted by Gasteiger charge is -2.03. The summed E-state index contributed by atoms with van der Waals surface area (Å²) >= 11 is 0. The van der Waals surface area contributed by atoms with Gasteiger partial charge in [-0.3, -0.25) is 14.9 Å². The summed E-state index contributed by atoms with van der Waals surface area (Å²) in [6.45, 7) is 0.310. The second-order valence-corrected chi connectivity index (χ2v) is 3.05. The van der Waals surface area contributed by atoms with Crippen molar-refractivity contribution < 1.29 is 14.8 Å². The van der Waals surface area contributed by atoms with Crippen molar-refractivity contribution in [3.63, 3.8) is 0 Å². The maximum atomic E-state index is 11.4. The molecule has 85 valence electrons. The van der Waals surface area contributed by atoms with Gasteiger partial charge >= 0.3 is 0 Å². The molecule has 0 bridgehead atoms. The minimum atomic E-state index is -0.571. The molecule has 0 aliphatic heterocycles. The van der Waals surface area contributed by atoms with Crippen LogP contribution in [0.5, 0.6) is 0 Å². The summed E-state index contributed by atoms with van der Waals surface area (Å²) in [5.74, 6) is -0.433. The van der Waals surface area contributed by atoms with E-state index in [2.05, 4.69) is 11.4 Å². The van der Waals surface area contributed by atoms with Crippen LogP contribution in [0.3, 0.4) is 0 Å². The average molecular weight is 223 g/mol. The SMILES string of the molecule is O=C(NCCCO)c1[c]ccc([N+](=O)[O-])c1. The Morgan fingerprint density at radius 1 is 1.62 bits per heavy atom. The zero-order chi connectivity index (χ0) is 12.0. The van der Waals surface area contributed by atoms with E-state index < -0.39 is 10.8 Å². The fourth-order valence-corrected chi connectivity index (χ4v) is 1.08. The lowest BCUT2D eigenvalue weighted by Crippen LogP contribution is -2.25. The van der Waals surface area contributed by atoms with Gasteiger partial charge in [0.2, 0.25) is 0 Å². The summed E-state index contributed by atoms with van der Waals surface area (Å²) in [5.41, 5.74) is -0.0294. The van der Waals surface area contributed by atoms with Crippen molar-refractivity contribution >= 4 is 11.6 Å². The van der Waals surface area contributed by atoms with E-state index in [4.69, 9.17) is 5.11 Å². The Morgan fingerprint density at radius 3 is 3.00 bits per heavy atom. The van der Waals surface area contributed by atoms with E-state index >= 15 is 0 Å². The van der Waals surface area contributed by atoms with Crippen molar-refractivity contribution in [1.82, 2.24) is 5.32 Å². The van der Waals surface area contributed by atoms with E-state index in [1.807, 2.05) is 0 Å². The van der Waals surface area contributed by atoms with E-state index in [1.54, 1.807) is 0 Å². The molecule has 0 aliphatic rings. The second-order valence-electron chi connectivity index (χ2n) is 3.05. The van der Waals surface area contributed by atoms with E-state index in [0.717, 1.165) is 6.07 Å². The molecule has 6 nitrogen and oxygen atoms in total. The first-order valence-electron chi connectivity index (χ1n) is 4.70. The third-order valence-electron chi connectivity index (χ3n) is 1.86. The molecule has 1 amide bonds. The van der Waals surface area contributed by atoms with Crippen LogP contribution in [-0.2, 0) is 0 Å². The monoisotopic (exact) mass is 223 g/mol. The van der Waals surface area contributed by atoms with Crippen molar-refractivity contribution in [1.29, 1.82) is 0 Å². The highest BCUT2D eigenvalue weighted by Gasteiger charge is 2.10. The maximum Gasteiger partial charge on any atom is 0.270 e. The second kappa shape index (κ2) is 5.82. The normalized spacial score (nSPS) is 9.81. The highest BCUT2D eigenvalue weighted by atomic mass is 16.6. The Kier molecular flexibility index (Phi) is 4.41. The van der Waals surface area contributed by atoms with Crippen LogP contribution in [0.4, 0.5) is 5.69 Å². The smallest absolute Gasteiger partial charge is 0.270 e. The van der Waals surface area contributed by atoms with Gasteiger partial charge in [-0.15, -0.1) is 0 Å². The van der Waals surface area contributed by atoms with Crippen LogP contribution in [0.15, 0.2) is 18.2 Å². The molecular formula is C10H11N2O4. The number of nitro groups is 1. The van der Waals surface area contributed by atoms with E-state index in [9.17, 15) is 14.9 Å². The molecular weight excluding hydrogens is 212 g/mol. The molecule has 0 atom stereocenters. The Bertz CT molecular complexity index is 392. The molecule has 0 aliphatic carbocycles. The minimum Gasteiger partial charge on any atom is -0.396 e. The third-order valence-corrected chi connectivity index (χ3v) is 1.86. The molecule has 0 spiro atoms. The topological polar surface area (TPSA) is 92.5 Å². The van der Waals surface area contributed by atoms with Gasteiger partial charge in [-0.1, -0.05) is 0 Å². The highest BCUT2D eigenvalue weighted by Crippen LogP contribution is 2.12. The molecule has 1 rings (SSSR count). The zero-order valence-electron chi connectivity index (χ0n) is 8.47. The number of aliphatic hydroxyl groups excluding tert-OH is 1. The summed E-state index contributed by atoms with van der Waals surface area (Å²) in [5, 5.41) is 21.5. The van der Waals surface area contributed by atoms with Gasteiger partial charge in [-0.2, -0.15) is 0 Å². The van der Waals surface area contributed by atoms with Crippen molar-refractivity contribution in [3.8, 4) is 0 Å². The number of aliphatic hydroxyl groups is 1. The molecule has 0 aromatic heterocycles. The molecule has 6 heteroatoms.